The van der Waals surface area contributed by atoms with E-state index in [1.54, 1.807) is 9.27 Å². The van der Waals surface area contributed by atoms with E-state index in [-0.39, 0.29) is 0 Å². The topological polar surface area (TPSA) is 61.4 Å². The van der Waals surface area contributed by atoms with E-state index >= 15 is 0 Å². The summed E-state index contributed by atoms with van der Waals surface area (Å²) in [7, 11) is 5.60. The molecule has 0 saturated carbocycles. The summed E-state index contributed by atoms with van der Waals surface area (Å²) in [6, 6.07) is 0. The van der Waals surface area contributed by atoms with Crippen molar-refractivity contribution in [2.24, 2.45) is 7.05 Å². The summed E-state index contributed by atoms with van der Waals surface area (Å²) in [6.45, 7) is 5.76. The van der Waals surface area contributed by atoms with E-state index in [2.05, 4.69) is 20.6 Å². The van der Waals surface area contributed by atoms with E-state index in [9.17, 15) is 0 Å². The molecule has 0 atom stereocenters. The average Bonchev–Trinajstić information content (AvgIpc) is 2.88. The molecular formula is C8H14B2N6. The zero-order chi connectivity index (χ0) is 12.0. The fraction of sp³-hybridized carbons (Fsp3) is 0.500. The molecule has 0 amide bonds. The van der Waals surface area contributed by atoms with Gasteiger partial charge in [-0.25, -0.2) is 0 Å². The average molecular weight is 216 g/mol. The standard InChI is InChI=1S/2C4H7BN3/c1-5-4-3-8(2)7-6-4;1-4-3-8(5-2)7-6-4/h2*3H,1-2H3. The predicted molar refractivity (Wildman–Crippen MR) is 64.0 cm³/mol. The Labute approximate surface area is 96.5 Å². The van der Waals surface area contributed by atoms with Gasteiger partial charge in [-0.15, -0.1) is 10.2 Å². The summed E-state index contributed by atoms with van der Waals surface area (Å²) in [5.74, 6) is 0. The minimum atomic E-state index is 0.924. The molecule has 2 radical (unpaired) electrons. The zero-order valence-electron chi connectivity index (χ0n) is 9.99. The Morgan fingerprint density at radius 2 is 1.88 bits per heavy atom. The molecule has 0 saturated heterocycles. The number of aromatic nitrogens is 6. The van der Waals surface area contributed by atoms with Crippen molar-refractivity contribution >= 4 is 20.3 Å². The minimum absolute atomic E-state index is 0.924. The third kappa shape index (κ3) is 3.88. The summed E-state index contributed by atoms with van der Waals surface area (Å²) in [6.07, 6.45) is 3.72. The number of nitrogens with zero attached hydrogens (tertiary/aromatic N) is 6. The number of hydrogen-bond donors (Lipinski definition) is 0. The lowest BCUT2D eigenvalue weighted by atomic mass is 9.79. The van der Waals surface area contributed by atoms with Crippen LogP contribution < -0.4 is 5.59 Å². The molecule has 0 bridgehead atoms. The largest absolute Gasteiger partial charge is 0.304 e. The Kier molecular flexibility index (Phi) is 4.75. The normalized spacial score (nSPS) is 9.25. The van der Waals surface area contributed by atoms with Crippen molar-refractivity contribution < 1.29 is 0 Å². The maximum absolute atomic E-state index is 3.79. The Morgan fingerprint density at radius 3 is 2.12 bits per heavy atom. The molecule has 0 spiro atoms. The van der Waals surface area contributed by atoms with Crippen molar-refractivity contribution in [1.82, 2.24) is 29.9 Å². The first-order chi connectivity index (χ1) is 7.65. The highest BCUT2D eigenvalue weighted by atomic mass is 15.4. The summed E-state index contributed by atoms with van der Waals surface area (Å²) >= 11 is 0. The van der Waals surface area contributed by atoms with Crippen LogP contribution in [0.2, 0.25) is 13.6 Å². The Morgan fingerprint density at radius 1 is 1.12 bits per heavy atom. The molecule has 0 aliphatic carbocycles. The Balaban J connectivity index is 0.000000160. The van der Waals surface area contributed by atoms with Crippen molar-refractivity contribution in [3.05, 3.63) is 18.1 Å². The molecule has 0 N–H and O–H groups in total. The molecule has 16 heavy (non-hydrogen) atoms. The van der Waals surface area contributed by atoms with Crippen LogP contribution in [0.15, 0.2) is 12.4 Å². The highest BCUT2D eigenvalue weighted by molar-refractivity contribution is 6.50. The second-order valence-corrected chi connectivity index (χ2v) is 3.20. The Hall–Kier alpha value is -1.59. The van der Waals surface area contributed by atoms with E-state index in [0.29, 0.717) is 0 Å². The van der Waals surface area contributed by atoms with Crippen LogP contribution in [-0.2, 0) is 7.05 Å². The first-order valence-corrected chi connectivity index (χ1v) is 4.99. The van der Waals surface area contributed by atoms with Gasteiger partial charge in [-0.3, -0.25) is 4.68 Å². The Bertz CT molecular complexity index is 383. The van der Waals surface area contributed by atoms with Crippen LogP contribution in [0, 0.1) is 6.92 Å². The van der Waals surface area contributed by atoms with Crippen molar-refractivity contribution in [2.75, 3.05) is 0 Å². The van der Waals surface area contributed by atoms with Crippen LogP contribution in [0.3, 0.4) is 0 Å². The molecule has 0 unspecified atom stereocenters. The first-order valence-electron chi connectivity index (χ1n) is 4.99. The summed E-state index contributed by atoms with van der Waals surface area (Å²) in [5, 5.41) is 15.0. The minimum Gasteiger partial charge on any atom is -0.304 e. The lowest BCUT2D eigenvalue weighted by Crippen LogP contribution is -2.10. The third-order valence-electron chi connectivity index (χ3n) is 1.81. The van der Waals surface area contributed by atoms with Crippen molar-refractivity contribution in [3.8, 4) is 0 Å². The molecule has 0 aromatic carbocycles. The predicted octanol–water partition coefficient (Wildman–Crippen LogP) is -0.705. The molecule has 0 aliphatic rings. The summed E-state index contributed by atoms with van der Waals surface area (Å²) in [5.41, 5.74) is 1.87. The van der Waals surface area contributed by atoms with E-state index < -0.39 is 0 Å². The molecular weight excluding hydrogens is 202 g/mol. The smallest absolute Gasteiger partial charge is 0.278 e. The lowest BCUT2D eigenvalue weighted by molar-refractivity contribution is 0.715. The monoisotopic (exact) mass is 216 g/mol. The number of rotatable bonds is 2. The lowest BCUT2D eigenvalue weighted by Gasteiger charge is -1.83. The van der Waals surface area contributed by atoms with E-state index in [1.807, 2.05) is 54.7 Å². The van der Waals surface area contributed by atoms with Crippen LogP contribution in [0.4, 0.5) is 0 Å². The van der Waals surface area contributed by atoms with Gasteiger partial charge in [0.2, 0.25) is 0 Å². The zero-order valence-corrected chi connectivity index (χ0v) is 9.99. The van der Waals surface area contributed by atoms with Crippen molar-refractivity contribution in [2.45, 2.75) is 20.6 Å². The first kappa shape index (κ1) is 12.5. The van der Waals surface area contributed by atoms with Gasteiger partial charge in [-0.2, -0.15) is 0 Å². The molecule has 2 aromatic rings. The maximum atomic E-state index is 3.79. The molecule has 0 aliphatic heterocycles. The highest BCUT2D eigenvalue weighted by Crippen LogP contribution is 1.84. The second-order valence-electron chi connectivity index (χ2n) is 3.20. The van der Waals surface area contributed by atoms with Crippen LogP contribution >= 0.6 is 0 Å². The summed E-state index contributed by atoms with van der Waals surface area (Å²) < 4.78 is 3.35. The molecule has 0 fully saturated rings. The SMILES string of the molecule is C[B]c1cn(C)nn1.C[B]n1cc(C)nn1. The van der Waals surface area contributed by atoms with Crippen LogP contribution in [0.5, 0.6) is 0 Å². The molecule has 8 heteroatoms. The second kappa shape index (κ2) is 6.09. The van der Waals surface area contributed by atoms with Gasteiger partial charge >= 0.3 is 0 Å². The molecule has 2 heterocycles. The van der Waals surface area contributed by atoms with Gasteiger partial charge in [0.25, 0.3) is 7.41 Å². The fourth-order valence-electron chi connectivity index (χ4n) is 0.989. The van der Waals surface area contributed by atoms with Gasteiger partial charge < -0.3 is 4.59 Å². The van der Waals surface area contributed by atoms with Crippen molar-refractivity contribution in [3.63, 3.8) is 0 Å². The number of aryl methyl sites for hydroxylation is 2. The summed E-state index contributed by atoms with van der Waals surface area (Å²) in [4.78, 5) is 0. The van der Waals surface area contributed by atoms with E-state index in [4.69, 9.17) is 0 Å². The quantitative estimate of drug-likeness (QED) is 0.622. The maximum Gasteiger partial charge on any atom is 0.278 e. The van der Waals surface area contributed by atoms with Crippen LogP contribution in [0.25, 0.3) is 0 Å². The van der Waals surface area contributed by atoms with Gasteiger partial charge in [-0.05, 0) is 6.92 Å². The molecule has 6 nitrogen and oxygen atoms in total. The number of hydrogen-bond acceptors (Lipinski definition) is 4. The third-order valence-corrected chi connectivity index (χ3v) is 1.81. The van der Waals surface area contributed by atoms with Crippen LogP contribution in [-0.4, -0.2) is 44.6 Å². The van der Waals surface area contributed by atoms with Gasteiger partial charge in [0.1, 0.15) is 0 Å². The highest BCUT2D eigenvalue weighted by Gasteiger charge is 1.91. The van der Waals surface area contributed by atoms with E-state index in [1.165, 1.54) is 0 Å². The van der Waals surface area contributed by atoms with Gasteiger partial charge in [0.05, 0.1) is 5.69 Å². The van der Waals surface area contributed by atoms with Crippen molar-refractivity contribution in [1.29, 1.82) is 0 Å². The van der Waals surface area contributed by atoms with Gasteiger partial charge in [0, 0.05) is 25.0 Å². The van der Waals surface area contributed by atoms with Crippen LogP contribution in [0.1, 0.15) is 5.69 Å². The molecule has 2 aromatic heterocycles. The molecule has 82 valence electrons. The molecule has 2 rings (SSSR count). The van der Waals surface area contributed by atoms with Gasteiger partial charge in [-0.1, -0.05) is 24.1 Å². The van der Waals surface area contributed by atoms with Gasteiger partial charge in [0.15, 0.2) is 7.28 Å². The fourth-order valence-corrected chi connectivity index (χ4v) is 0.989. The van der Waals surface area contributed by atoms with E-state index in [0.717, 1.165) is 11.3 Å².